The van der Waals surface area contributed by atoms with Gasteiger partial charge in [-0.15, -0.1) is 0 Å². The molecule has 108 valence electrons. The number of aliphatic hydroxyl groups excluding tert-OH is 2. The molecular formula is C16H21NO3. The summed E-state index contributed by atoms with van der Waals surface area (Å²) in [5.74, 6) is 5.63. The second kappa shape index (κ2) is 8.36. The first-order valence-corrected chi connectivity index (χ1v) is 6.74. The molecule has 4 nitrogen and oxygen atoms in total. The first-order chi connectivity index (χ1) is 9.63. The van der Waals surface area contributed by atoms with Gasteiger partial charge in [-0.25, -0.2) is 0 Å². The van der Waals surface area contributed by atoms with Gasteiger partial charge in [0.25, 0.3) is 5.91 Å². The van der Waals surface area contributed by atoms with Crippen LogP contribution in [0.2, 0.25) is 0 Å². The summed E-state index contributed by atoms with van der Waals surface area (Å²) in [6.07, 6.45) is 0.385. The predicted octanol–water partition coefficient (Wildman–Crippen LogP) is 1.18. The lowest BCUT2D eigenvalue weighted by Crippen LogP contribution is -2.33. The molecule has 0 saturated carbocycles. The van der Waals surface area contributed by atoms with E-state index in [1.807, 2.05) is 32.0 Å². The number of carbonyl (C=O) groups excluding carboxylic acids is 1. The van der Waals surface area contributed by atoms with E-state index >= 15 is 0 Å². The molecule has 0 fully saturated rings. The zero-order valence-electron chi connectivity index (χ0n) is 12.0. The summed E-state index contributed by atoms with van der Waals surface area (Å²) in [6.45, 7) is 4.60. The van der Waals surface area contributed by atoms with Gasteiger partial charge in [-0.1, -0.05) is 23.5 Å². The number of carbonyl (C=O) groups is 1. The lowest BCUT2D eigenvalue weighted by atomic mass is 10.0. The highest BCUT2D eigenvalue weighted by molar-refractivity contribution is 5.97. The summed E-state index contributed by atoms with van der Waals surface area (Å²) in [4.78, 5) is 14.1. The minimum absolute atomic E-state index is 0.00768. The third-order valence-electron chi connectivity index (χ3n) is 2.90. The quantitative estimate of drug-likeness (QED) is 0.793. The lowest BCUT2D eigenvalue weighted by Gasteiger charge is -2.20. The molecule has 1 rings (SSSR count). The third-order valence-corrected chi connectivity index (χ3v) is 2.90. The molecular weight excluding hydrogens is 254 g/mol. The van der Waals surface area contributed by atoms with Crippen molar-refractivity contribution in [3.05, 3.63) is 34.9 Å². The summed E-state index contributed by atoms with van der Waals surface area (Å²) >= 11 is 0. The van der Waals surface area contributed by atoms with Crippen LogP contribution in [0.4, 0.5) is 0 Å². The van der Waals surface area contributed by atoms with E-state index in [1.165, 1.54) is 0 Å². The number of nitrogens with zero attached hydrogens (tertiary/aromatic N) is 1. The Morgan fingerprint density at radius 2 is 2.05 bits per heavy atom. The second-order valence-electron chi connectivity index (χ2n) is 4.43. The van der Waals surface area contributed by atoms with Crippen molar-refractivity contribution in [1.82, 2.24) is 4.90 Å². The van der Waals surface area contributed by atoms with Crippen molar-refractivity contribution in [2.45, 2.75) is 20.3 Å². The predicted molar refractivity (Wildman–Crippen MR) is 78.4 cm³/mol. The van der Waals surface area contributed by atoms with Gasteiger partial charge >= 0.3 is 0 Å². The van der Waals surface area contributed by atoms with Gasteiger partial charge in [-0.3, -0.25) is 4.79 Å². The Kier molecular flexibility index (Phi) is 6.78. The second-order valence-corrected chi connectivity index (χ2v) is 4.43. The van der Waals surface area contributed by atoms with Gasteiger partial charge in [-0.05, 0) is 26.0 Å². The molecule has 2 N–H and O–H groups in total. The number of rotatable bonds is 5. The maximum atomic E-state index is 12.5. The summed E-state index contributed by atoms with van der Waals surface area (Å²) < 4.78 is 0. The van der Waals surface area contributed by atoms with Crippen molar-refractivity contribution in [3.8, 4) is 11.8 Å². The number of benzene rings is 1. The Labute approximate surface area is 120 Å². The molecule has 0 aliphatic heterocycles. The van der Waals surface area contributed by atoms with E-state index in [0.717, 1.165) is 5.56 Å². The Hall–Kier alpha value is -1.83. The fourth-order valence-corrected chi connectivity index (χ4v) is 1.85. The van der Waals surface area contributed by atoms with Crippen molar-refractivity contribution in [1.29, 1.82) is 0 Å². The van der Waals surface area contributed by atoms with Gasteiger partial charge in [0.2, 0.25) is 0 Å². The molecule has 0 saturated heterocycles. The highest BCUT2D eigenvalue weighted by Crippen LogP contribution is 2.14. The van der Waals surface area contributed by atoms with E-state index in [4.69, 9.17) is 10.2 Å². The van der Waals surface area contributed by atoms with E-state index in [0.29, 0.717) is 30.6 Å². The molecule has 4 heteroatoms. The smallest absolute Gasteiger partial charge is 0.255 e. The monoisotopic (exact) mass is 275 g/mol. The average molecular weight is 275 g/mol. The maximum Gasteiger partial charge on any atom is 0.255 e. The Morgan fingerprint density at radius 3 is 2.65 bits per heavy atom. The van der Waals surface area contributed by atoms with E-state index in [1.54, 1.807) is 4.90 Å². The Balaban J connectivity index is 3.11. The number of hydrogen-bond acceptors (Lipinski definition) is 3. The number of aryl methyl sites for hydroxylation is 1. The molecule has 0 aromatic heterocycles. The highest BCUT2D eigenvalue weighted by atomic mass is 16.3. The van der Waals surface area contributed by atoms with Crippen molar-refractivity contribution in [2.24, 2.45) is 0 Å². The van der Waals surface area contributed by atoms with Crippen LogP contribution in [0.1, 0.15) is 34.8 Å². The molecule has 20 heavy (non-hydrogen) atoms. The van der Waals surface area contributed by atoms with E-state index in [9.17, 15) is 4.79 Å². The molecule has 0 unspecified atom stereocenters. The summed E-state index contributed by atoms with van der Waals surface area (Å²) in [7, 11) is 0. The van der Waals surface area contributed by atoms with E-state index in [-0.39, 0.29) is 19.1 Å². The average Bonchev–Trinajstić information content (AvgIpc) is 2.45. The van der Waals surface area contributed by atoms with E-state index < -0.39 is 0 Å². The van der Waals surface area contributed by atoms with Crippen molar-refractivity contribution < 1.29 is 15.0 Å². The fraction of sp³-hybridized carbons (Fsp3) is 0.438. The van der Waals surface area contributed by atoms with Gasteiger partial charge in [0, 0.05) is 25.1 Å². The topological polar surface area (TPSA) is 60.8 Å². The van der Waals surface area contributed by atoms with Crippen LogP contribution in [-0.2, 0) is 0 Å². The molecule has 0 bridgehead atoms. The Bertz CT molecular complexity index is 514. The third kappa shape index (κ3) is 4.37. The van der Waals surface area contributed by atoms with Crippen LogP contribution in [0.5, 0.6) is 0 Å². The van der Waals surface area contributed by atoms with Gasteiger partial charge in [0.05, 0.1) is 18.8 Å². The van der Waals surface area contributed by atoms with Crippen LogP contribution in [-0.4, -0.2) is 47.3 Å². The number of amides is 1. The van der Waals surface area contributed by atoms with E-state index in [2.05, 4.69) is 11.8 Å². The zero-order chi connectivity index (χ0) is 15.0. The fourth-order valence-electron chi connectivity index (χ4n) is 1.85. The lowest BCUT2D eigenvalue weighted by molar-refractivity contribution is 0.0731. The molecule has 0 heterocycles. The minimum Gasteiger partial charge on any atom is -0.395 e. The van der Waals surface area contributed by atoms with Crippen molar-refractivity contribution in [2.75, 3.05) is 26.3 Å². The number of hydrogen-bond donors (Lipinski definition) is 2. The van der Waals surface area contributed by atoms with Crippen LogP contribution in [0.25, 0.3) is 0 Å². The normalized spacial score (nSPS) is 9.80. The number of likely N-dealkylation sites (N-methyl/N-ethyl adjacent to an activating group) is 1. The Morgan fingerprint density at radius 1 is 1.30 bits per heavy atom. The molecule has 1 aromatic rings. The SMILES string of the molecule is CCN(CCO)C(=O)c1cc(C)ccc1C#CCCO. The molecule has 0 aliphatic rings. The van der Waals surface area contributed by atoms with Crippen molar-refractivity contribution >= 4 is 5.91 Å². The van der Waals surface area contributed by atoms with Crippen LogP contribution < -0.4 is 0 Å². The highest BCUT2D eigenvalue weighted by Gasteiger charge is 2.16. The molecule has 0 atom stereocenters. The number of aliphatic hydroxyl groups is 2. The van der Waals surface area contributed by atoms with Gasteiger partial charge < -0.3 is 15.1 Å². The molecule has 0 spiro atoms. The maximum absolute atomic E-state index is 12.5. The van der Waals surface area contributed by atoms with Crippen LogP contribution >= 0.6 is 0 Å². The van der Waals surface area contributed by atoms with Crippen LogP contribution in [0.15, 0.2) is 18.2 Å². The molecule has 1 amide bonds. The zero-order valence-corrected chi connectivity index (χ0v) is 12.0. The van der Waals surface area contributed by atoms with Gasteiger partial charge in [0.1, 0.15) is 0 Å². The molecule has 1 aromatic carbocycles. The summed E-state index contributed by atoms with van der Waals surface area (Å²) in [6, 6.07) is 5.53. The standard InChI is InChI=1S/C16H21NO3/c1-3-17(9-11-19)16(20)15-12-13(2)7-8-14(15)6-4-5-10-18/h7-8,12,18-19H,3,5,9-11H2,1-2H3. The molecule has 0 aliphatic carbocycles. The first kappa shape index (κ1) is 16.2. The largest absolute Gasteiger partial charge is 0.395 e. The van der Waals surface area contributed by atoms with Gasteiger partial charge in [-0.2, -0.15) is 0 Å². The van der Waals surface area contributed by atoms with Crippen LogP contribution in [0.3, 0.4) is 0 Å². The molecule has 0 radical (unpaired) electrons. The van der Waals surface area contributed by atoms with Crippen molar-refractivity contribution in [3.63, 3.8) is 0 Å². The minimum atomic E-state index is -0.126. The van der Waals surface area contributed by atoms with Gasteiger partial charge in [0.15, 0.2) is 0 Å². The van der Waals surface area contributed by atoms with Crippen LogP contribution in [0, 0.1) is 18.8 Å². The summed E-state index contributed by atoms with van der Waals surface area (Å²) in [5, 5.41) is 17.8. The summed E-state index contributed by atoms with van der Waals surface area (Å²) in [5.41, 5.74) is 2.19. The first-order valence-electron chi connectivity index (χ1n) is 6.74.